The Morgan fingerprint density at radius 2 is 2.00 bits per heavy atom. The molecule has 0 aliphatic heterocycles. The highest BCUT2D eigenvalue weighted by Gasteiger charge is 2.09. The molecule has 6 nitrogen and oxygen atoms in total. The Morgan fingerprint density at radius 1 is 1.37 bits per heavy atom. The van der Waals surface area contributed by atoms with Crippen molar-refractivity contribution in [2.24, 2.45) is 0 Å². The molecule has 3 N–H and O–H groups in total. The van der Waals surface area contributed by atoms with Gasteiger partial charge in [-0.2, -0.15) is 0 Å². The third-order valence-corrected chi connectivity index (χ3v) is 2.47. The number of anilines is 2. The second-order valence-corrected chi connectivity index (χ2v) is 5.40. The fraction of sp³-hybridized carbons (Fsp3) is 0.300. The lowest BCUT2D eigenvalue weighted by molar-refractivity contribution is -0.115. The standard InChI is InChI=1S/C10H14FN3O3S.ClH/c1-12-6-10(15)13-7-3-4-8(11)9(5-7)14-18(2,16)17;/h3-5,12,14H,6H2,1-2H3,(H,13,15);1H. The molecule has 0 heterocycles. The maximum absolute atomic E-state index is 13.3. The van der Waals surface area contributed by atoms with Gasteiger partial charge in [0.2, 0.25) is 15.9 Å². The fourth-order valence-corrected chi connectivity index (χ4v) is 1.80. The first-order valence-electron chi connectivity index (χ1n) is 5.03. The van der Waals surface area contributed by atoms with Gasteiger partial charge in [0.05, 0.1) is 18.5 Å². The maximum atomic E-state index is 13.3. The van der Waals surface area contributed by atoms with E-state index >= 15 is 0 Å². The minimum atomic E-state index is -3.57. The van der Waals surface area contributed by atoms with Gasteiger partial charge in [-0.15, -0.1) is 12.4 Å². The molecule has 0 aliphatic rings. The van der Waals surface area contributed by atoms with Gasteiger partial charge in [0, 0.05) is 5.69 Å². The normalized spacial score (nSPS) is 10.5. The van der Waals surface area contributed by atoms with Crippen LogP contribution in [0.2, 0.25) is 0 Å². The number of carbonyl (C=O) groups is 1. The van der Waals surface area contributed by atoms with E-state index in [1.807, 2.05) is 4.72 Å². The average molecular weight is 312 g/mol. The van der Waals surface area contributed by atoms with E-state index in [9.17, 15) is 17.6 Å². The van der Waals surface area contributed by atoms with Crippen LogP contribution in [-0.4, -0.2) is 34.2 Å². The minimum absolute atomic E-state index is 0. The molecule has 0 saturated heterocycles. The molecule has 0 bridgehead atoms. The minimum Gasteiger partial charge on any atom is -0.325 e. The summed E-state index contributed by atoms with van der Waals surface area (Å²) in [6.07, 6.45) is 0.915. The first kappa shape index (κ1) is 17.6. The number of rotatable bonds is 5. The van der Waals surface area contributed by atoms with E-state index in [1.54, 1.807) is 7.05 Å². The van der Waals surface area contributed by atoms with Gasteiger partial charge < -0.3 is 10.6 Å². The molecule has 19 heavy (non-hydrogen) atoms. The van der Waals surface area contributed by atoms with Gasteiger partial charge in [-0.3, -0.25) is 9.52 Å². The van der Waals surface area contributed by atoms with Gasteiger partial charge in [-0.05, 0) is 25.2 Å². The summed E-state index contributed by atoms with van der Waals surface area (Å²) in [5.41, 5.74) is 0.0996. The smallest absolute Gasteiger partial charge is 0.238 e. The zero-order valence-electron chi connectivity index (χ0n) is 10.4. The zero-order valence-corrected chi connectivity index (χ0v) is 12.0. The molecule has 0 saturated carbocycles. The molecule has 1 amide bonds. The molecule has 1 aromatic carbocycles. The van der Waals surface area contributed by atoms with Crippen LogP contribution >= 0.6 is 12.4 Å². The van der Waals surface area contributed by atoms with Crippen LogP contribution in [-0.2, 0) is 14.8 Å². The summed E-state index contributed by atoms with van der Waals surface area (Å²) in [6.45, 7) is 0.103. The molecular weight excluding hydrogens is 297 g/mol. The van der Waals surface area contributed by atoms with E-state index in [0.29, 0.717) is 5.69 Å². The van der Waals surface area contributed by atoms with E-state index in [1.165, 1.54) is 12.1 Å². The van der Waals surface area contributed by atoms with Crippen molar-refractivity contribution in [3.05, 3.63) is 24.0 Å². The Bertz CT molecular complexity index is 551. The van der Waals surface area contributed by atoms with E-state index in [0.717, 1.165) is 12.3 Å². The Hall–Kier alpha value is -1.38. The van der Waals surface area contributed by atoms with Gasteiger partial charge in [0.25, 0.3) is 0 Å². The average Bonchev–Trinajstić information content (AvgIpc) is 2.21. The van der Waals surface area contributed by atoms with Crippen LogP contribution in [0.1, 0.15) is 0 Å². The molecule has 0 fully saturated rings. The van der Waals surface area contributed by atoms with Gasteiger partial charge in [-0.1, -0.05) is 0 Å². The molecule has 9 heteroatoms. The molecule has 0 aromatic heterocycles. The van der Waals surface area contributed by atoms with E-state index in [4.69, 9.17) is 0 Å². The topological polar surface area (TPSA) is 87.3 Å². The SMILES string of the molecule is CNCC(=O)Nc1ccc(F)c(NS(C)(=O)=O)c1.Cl. The monoisotopic (exact) mass is 311 g/mol. The summed E-state index contributed by atoms with van der Waals surface area (Å²) >= 11 is 0. The van der Waals surface area contributed by atoms with Crippen molar-refractivity contribution >= 4 is 39.7 Å². The number of likely N-dealkylation sites (N-methyl/N-ethyl adjacent to an activating group) is 1. The Morgan fingerprint density at radius 3 is 2.53 bits per heavy atom. The largest absolute Gasteiger partial charge is 0.325 e. The van der Waals surface area contributed by atoms with Crippen molar-refractivity contribution in [2.75, 3.05) is 29.9 Å². The maximum Gasteiger partial charge on any atom is 0.238 e. The Kier molecular flexibility index (Phi) is 6.74. The number of halogens is 2. The van der Waals surface area contributed by atoms with E-state index < -0.39 is 15.8 Å². The lowest BCUT2D eigenvalue weighted by Crippen LogP contribution is -2.25. The second-order valence-electron chi connectivity index (χ2n) is 3.65. The molecule has 0 radical (unpaired) electrons. The zero-order chi connectivity index (χ0) is 13.8. The van der Waals surface area contributed by atoms with Crippen LogP contribution in [0.5, 0.6) is 0 Å². The van der Waals surface area contributed by atoms with Gasteiger partial charge in [-0.25, -0.2) is 12.8 Å². The predicted molar refractivity (Wildman–Crippen MR) is 74.7 cm³/mol. The lowest BCUT2D eigenvalue weighted by atomic mass is 10.2. The van der Waals surface area contributed by atoms with Crippen molar-refractivity contribution in [1.29, 1.82) is 0 Å². The molecule has 0 aliphatic carbocycles. The Labute approximate surface area is 117 Å². The first-order chi connectivity index (χ1) is 8.31. The highest BCUT2D eigenvalue weighted by atomic mass is 35.5. The van der Waals surface area contributed by atoms with E-state index in [2.05, 4.69) is 10.6 Å². The quantitative estimate of drug-likeness (QED) is 0.750. The number of hydrogen-bond donors (Lipinski definition) is 3. The van der Waals surface area contributed by atoms with Crippen LogP contribution in [0.3, 0.4) is 0 Å². The second kappa shape index (κ2) is 7.27. The van der Waals surface area contributed by atoms with Crippen LogP contribution < -0.4 is 15.4 Å². The summed E-state index contributed by atoms with van der Waals surface area (Å²) in [5.74, 6) is -1.03. The van der Waals surface area contributed by atoms with Crippen molar-refractivity contribution in [1.82, 2.24) is 5.32 Å². The lowest BCUT2D eigenvalue weighted by Gasteiger charge is -2.09. The molecule has 1 rings (SSSR count). The third-order valence-electron chi connectivity index (χ3n) is 1.88. The van der Waals surface area contributed by atoms with Crippen LogP contribution in [0.25, 0.3) is 0 Å². The summed E-state index contributed by atoms with van der Waals surface area (Å²) in [7, 11) is -1.96. The van der Waals surface area contributed by atoms with Crippen LogP contribution in [0, 0.1) is 5.82 Å². The van der Waals surface area contributed by atoms with Crippen molar-refractivity contribution in [3.8, 4) is 0 Å². The summed E-state index contributed by atoms with van der Waals surface area (Å²) in [4.78, 5) is 11.3. The summed E-state index contributed by atoms with van der Waals surface area (Å²) < 4.78 is 37.4. The highest BCUT2D eigenvalue weighted by Crippen LogP contribution is 2.20. The van der Waals surface area contributed by atoms with Crippen LogP contribution in [0.15, 0.2) is 18.2 Å². The fourth-order valence-electron chi connectivity index (χ4n) is 1.25. The van der Waals surface area contributed by atoms with Gasteiger partial charge in [0.15, 0.2) is 0 Å². The predicted octanol–water partition coefficient (Wildman–Crippen LogP) is 0.777. The third kappa shape index (κ3) is 6.37. The van der Waals surface area contributed by atoms with Crippen molar-refractivity contribution in [2.45, 2.75) is 0 Å². The molecular formula is C10H15ClFN3O3S. The van der Waals surface area contributed by atoms with Crippen molar-refractivity contribution in [3.63, 3.8) is 0 Å². The molecule has 0 spiro atoms. The number of benzene rings is 1. The number of amides is 1. The first-order valence-corrected chi connectivity index (χ1v) is 6.93. The molecule has 0 atom stereocenters. The van der Waals surface area contributed by atoms with Crippen LogP contribution in [0.4, 0.5) is 15.8 Å². The summed E-state index contributed by atoms with van der Waals surface area (Å²) in [5, 5.41) is 5.15. The van der Waals surface area contributed by atoms with E-state index in [-0.39, 0.29) is 30.5 Å². The number of nitrogens with one attached hydrogen (secondary N) is 3. The number of carbonyl (C=O) groups excluding carboxylic acids is 1. The summed E-state index contributed by atoms with van der Waals surface area (Å²) in [6, 6.07) is 3.63. The number of sulfonamides is 1. The molecule has 1 aromatic rings. The number of hydrogen-bond acceptors (Lipinski definition) is 4. The Balaban J connectivity index is 0.00000324. The molecule has 0 unspecified atom stereocenters. The van der Waals surface area contributed by atoms with Crippen molar-refractivity contribution < 1.29 is 17.6 Å². The highest BCUT2D eigenvalue weighted by molar-refractivity contribution is 7.92. The molecule has 108 valence electrons. The van der Waals surface area contributed by atoms with Gasteiger partial charge in [0.1, 0.15) is 5.82 Å². The van der Waals surface area contributed by atoms with Gasteiger partial charge >= 0.3 is 0 Å².